The second-order valence-electron chi connectivity index (χ2n) is 11.2. The van der Waals surface area contributed by atoms with Gasteiger partial charge in [-0.15, -0.1) is 0 Å². The van der Waals surface area contributed by atoms with Crippen molar-refractivity contribution in [3.05, 3.63) is 101 Å². The number of nitrogens with one attached hydrogen (secondary N) is 1. The summed E-state index contributed by atoms with van der Waals surface area (Å²) < 4.78 is 74.5. The van der Waals surface area contributed by atoms with Crippen molar-refractivity contribution in [2.24, 2.45) is 5.92 Å². The highest BCUT2D eigenvalue weighted by atomic mass is 19.3. The highest BCUT2D eigenvalue weighted by Gasteiger charge is 2.48. The maximum atomic E-state index is 15.3. The van der Waals surface area contributed by atoms with Gasteiger partial charge in [0.2, 0.25) is 5.91 Å². The van der Waals surface area contributed by atoms with E-state index in [1.165, 1.54) is 24.3 Å². The van der Waals surface area contributed by atoms with E-state index < -0.39 is 35.6 Å². The lowest BCUT2D eigenvalue weighted by atomic mass is 9.75. The first-order chi connectivity index (χ1) is 20.6. The summed E-state index contributed by atoms with van der Waals surface area (Å²) in [6.45, 7) is -2.01. The van der Waals surface area contributed by atoms with Gasteiger partial charge in [-0.05, 0) is 78.9 Å². The molecule has 43 heavy (non-hydrogen) atoms. The number of aromatic nitrogens is 1. The highest BCUT2D eigenvalue weighted by Crippen LogP contribution is 2.40. The maximum absolute atomic E-state index is 15.3. The normalized spacial score (nSPS) is 20.5. The fourth-order valence-corrected chi connectivity index (χ4v) is 6.04. The van der Waals surface area contributed by atoms with E-state index in [2.05, 4.69) is 10.1 Å². The van der Waals surface area contributed by atoms with Crippen molar-refractivity contribution in [3.63, 3.8) is 0 Å². The van der Waals surface area contributed by atoms with Gasteiger partial charge in [0.15, 0.2) is 11.6 Å². The predicted molar refractivity (Wildman–Crippen MR) is 149 cm³/mol. The fourth-order valence-electron chi connectivity index (χ4n) is 6.04. The second-order valence-corrected chi connectivity index (χ2v) is 11.2. The molecule has 11 heteroatoms. The summed E-state index contributed by atoms with van der Waals surface area (Å²) in [5.74, 6) is -3.89. The first kappa shape index (κ1) is 29.1. The zero-order valence-corrected chi connectivity index (χ0v) is 23.1. The molecule has 0 bridgehead atoms. The molecule has 2 atom stereocenters. The minimum absolute atomic E-state index is 0.0296. The Labute approximate surface area is 244 Å². The van der Waals surface area contributed by atoms with Gasteiger partial charge >= 0.3 is 6.61 Å². The van der Waals surface area contributed by atoms with E-state index in [0.29, 0.717) is 29.6 Å². The average molecular weight is 600 g/mol. The van der Waals surface area contributed by atoms with E-state index >= 15 is 4.39 Å². The molecule has 1 saturated heterocycles. The van der Waals surface area contributed by atoms with E-state index in [9.17, 15) is 27.5 Å². The lowest BCUT2D eigenvalue weighted by molar-refractivity contribution is -0.150. The number of piperidine rings is 1. The number of fused-ring (bicyclic) bond motifs is 1. The first-order valence-electron chi connectivity index (χ1n) is 14.1. The number of carbonyl (C=O) groups excluding carboxylic acids is 1. The third kappa shape index (κ3) is 5.83. The Morgan fingerprint density at radius 2 is 1.81 bits per heavy atom. The molecule has 0 unspecified atom stereocenters. The second kappa shape index (κ2) is 11.6. The van der Waals surface area contributed by atoms with Crippen molar-refractivity contribution in [2.75, 3.05) is 13.1 Å². The molecule has 0 spiro atoms. The van der Waals surface area contributed by atoms with Crippen LogP contribution in [0.3, 0.4) is 0 Å². The molecule has 1 aromatic heterocycles. The smallest absolute Gasteiger partial charge is 0.387 e. The molecule has 1 saturated carbocycles. The lowest BCUT2D eigenvalue weighted by Gasteiger charge is -2.42. The Morgan fingerprint density at radius 3 is 2.51 bits per heavy atom. The number of aliphatic hydroxyl groups is 1. The quantitative estimate of drug-likeness (QED) is 0.243. The number of ether oxygens (including phenoxy) is 1. The van der Waals surface area contributed by atoms with Crippen LogP contribution in [-0.2, 0) is 23.5 Å². The molecule has 0 radical (unpaired) electrons. The lowest BCUT2D eigenvalue weighted by Crippen LogP contribution is -2.55. The van der Waals surface area contributed by atoms with Crippen molar-refractivity contribution < 1.29 is 36.6 Å². The Morgan fingerprint density at radius 1 is 1.05 bits per heavy atom. The molecular weight excluding hydrogens is 569 g/mol. The van der Waals surface area contributed by atoms with E-state index in [1.54, 1.807) is 35.4 Å². The molecular formula is C32H30F5N3O3. The van der Waals surface area contributed by atoms with Crippen LogP contribution in [0, 0.1) is 23.4 Å². The molecule has 6 rings (SSSR count). The SMILES string of the molecule is O=C([C@H]1CNCC[C@]1(O)c1ccc(F)c(F)c1)N(Cc1cn(Cc2ccc(OC(F)F)cc2)c2cccc(F)c12)C1CC1. The molecule has 226 valence electrons. The van der Waals surface area contributed by atoms with Gasteiger partial charge in [0, 0.05) is 37.3 Å². The average Bonchev–Trinajstić information content (AvgIpc) is 3.76. The highest BCUT2D eigenvalue weighted by molar-refractivity contribution is 5.86. The number of hydrogen-bond acceptors (Lipinski definition) is 4. The molecule has 1 amide bonds. The number of carbonyl (C=O) groups is 1. The van der Waals surface area contributed by atoms with Crippen LogP contribution >= 0.6 is 0 Å². The summed E-state index contributed by atoms with van der Waals surface area (Å²) in [4.78, 5) is 15.8. The Bertz CT molecular complexity index is 1640. The fraction of sp³-hybridized carbons (Fsp3) is 0.344. The summed E-state index contributed by atoms with van der Waals surface area (Å²) in [7, 11) is 0. The van der Waals surface area contributed by atoms with E-state index in [0.717, 1.165) is 30.5 Å². The predicted octanol–water partition coefficient (Wildman–Crippen LogP) is 5.70. The van der Waals surface area contributed by atoms with Crippen molar-refractivity contribution >= 4 is 16.8 Å². The summed E-state index contributed by atoms with van der Waals surface area (Å²) in [5, 5.41) is 15.3. The van der Waals surface area contributed by atoms with Gasteiger partial charge in [-0.25, -0.2) is 13.2 Å². The van der Waals surface area contributed by atoms with Crippen molar-refractivity contribution in [1.29, 1.82) is 0 Å². The minimum Gasteiger partial charge on any atom is -0.435 e. The Balaban J connectivity index is 1.31. The number of nitrogens with zero attached hydrogens (tertiary/aromatic N) is 2. The monoisotopic (exact) mass is 599 g/mol. The molecule has 3 aromatic carbocycles. The molecule has 4 aromatic rings. The molecule has 2 heterocycles. The Hall–Kier alpha value is -3.96. The standard InChI is InChI=1S/C32H30F5N3O3/c33-25-11-6-21(14-27(25)35)32(42)12-13-38-15-24(32)30(41)40(22-7-8-22)18-20-17-39(28-3-1-2-26(34)29(20)28)16-19-4-9-23(10-5-19)43-31(36)37/h1-6,9-11,14,17,22,24,31,38,42H,7-8,12-13,15-16,18H2/t24-,32+/m1/s1. The Kier molecular flexibility index (Phi) is 7.87. The van der Waals surface area contributed by atoms with Crippen molar-refractivity contribution in [1.82, 2.24) is 14.8 Å². The number of rotatable bonds is 9. The van der Waals surface area contributed by atoms with Crippen LogP contribution in [0.1, 0.15) is 36.0 Å². The van der Waals surface area contributed by atoms with E-state index in [4.69, 9.17) is 0 Å². The van der Waals surface area contributed by atoms with Gasteiger partial charge in [-0.3, -0.25) is 4.79 Å². The van der Waals surface area contributed by atoms with Crippen LogP contribution in [0.2, 0.25) is 0 Å². The number of hydrogen-bond donors (Lipinski definition) is 2. The van der Waals surface area contributed by atoms with Crippen LogP contribution in [0.15, 0.2) is 66.9 Å². The topological polar surface area (TPSA) is 66.7 Å². The number of amides is 1. The molecule has 6 nitrogen and oxygen atoms in total. The van der Waals surface area contributed by atoms with Gasteiger partial charge in [-0.1, -0.05) is 24.3 Å². The number of halogens is 5. The van der Waals surface area contributed by atoms with Gasteiger partial charge in [0.1, 0.15) is 17.2 Å². The zero-order valence-electron chi connectivity index (χ0n) is 23.1. The first-order valence-corrected chi connectivity index (χ1v) is 14.1. The summed E-state index contributed by atoms with van der Waals surface area (Å²) in [6, 6.07) is 14.0. The maximum Gasteiger partial charge on any atom is 0.387 e. The molecule has 2 aliphatic rings. The van der Waals surface area contributed by atoms with Gasteiger partial charge in [0.05, 0.1) is 11.4 Å². The molecule has 2 N–H and O–H groups in total. The van der Waals surface area contributed by atoms with E-state index in [-0.39, 0.29) is 42.8 Å². The van der Waals surface area contributed by atoms with Gasteiger partial charge in [0.25, 0.3) is 0 Å². The van der Waals surface area contributed by atoms with Gasteiger partial charge in [-0.2, -0.15) is 8.78 Å². The third-order valence-electron chi connectivity index (χ3n) is 8.37. The zero-order chi connectivity index (χ0) is 30.3. The van der Waals surface area contributed by atoms with Crippen LogP contribution in [-0.4, -0.2) is 46.2 Å². The largest absolute Gasteiger partial charge is 0.435 e. The van der Waals surface area contributed by atoms with Crippen molar-refractivity contribution in [3.8, 4) is 5.75 Å². The minimum atomic E-state index is -2.93. The molecule has 1 aliphatic carbocycles. The summed E-state index contributed by atoms with van der Waals surface area (Å²) >= 11 is 0. The van der Waals surface area contributed by atoms with E-state index in [1.807, 2.05) is 4.57 Å². The number of benzene rings is 3. The summed E-state index contributed by atoms with van der Waals surface area (Å²) in [6.07, 6.45) is 3.41. The third-order valence-corrected chi connectivity index (χ3v) is 8.37. The van der Waals surface area contributed by atoms with Crippen molar-refractivity contribution in [2.45, 2.75) is 50.6 Å². The van der Waals surface area contributed by atoms with Crippen LogP contribution in [0.4, 0.5) is 22.0 Å². The molecule has 2 fully saturated rings. The van der Waals surface area contributed by atoms with Crippen LogP contribution in [0.25, 0.3) is 10.9 Å². The molecule has 1 aliphatic heterocycles. The summed E-state index contributed by atoms with van der Waals surface area (Å²) in [5.41, 5.74) is 0.363. The van der Waals surface area contributed by atoms with Crippen LogP contribution < -0.4 is 10.1 Å². The van der Waals surface area contributed by atoms with Gasteiger partial charge < -0.3 is 24.6 Å². The van der Waals surface area contributed by atoms with Crippen LogP contribution in [0.5, 0.6) is 5.75 Å². The number of alkyl halides is 2.